The van der Waals surface area contributed by atoms with Gasteiger partial charge in [0.05, 0.1) is 17.8 Å². The van der Waals surface area contributed by atoms with E-state index < -0.39 is 0 Å². The number of amides is 3. The summed E-state index contributed by atoms with van der Waals surface area (Å²) in [5.74, 6) is 0.844. The van der Waals surface area contributed by atoms with Crippen molar-refractivity contribution in [1.29, 1.82) is 0 Å². The van der Waals surface area contributed by atoms with Crippen molar-refractivity contribution in [1.82, 2.24) is 10.2 Å². The predicted molar refractivity (Wildman–Crippen MR) is 105 cm³/mol. The molecule has 1 aliphatic rings. The van der Waals surface area contributed by atoms with Crippen LogP contribution in [0.15, 0.2) is 42.5 Å². The maximum Gasteiger partial charge on any atom is 0.319 e. The fourth-order valence-electron chi connectivity index (χ4n) is 2.93. The number of likely N-dealkylation sites (tertiary alicyclic amines) is 1. The molecule has 3 rings (SSSR count). The molecule has 2 aromatic rings. The Hall–Kier alpha value is -2.73. The number of urea groups is 1. The van der Waals surface area contributed by atoms with Crippen molar-refractivity contribution in [3.05, 3.63) is 58.6 Å². The summed E-state index contributed by atoms with van der Waals surface area (Å²) in [6.07, 6.45) is 1.59. The molecule has 1 heterocycles. The molecular formula is C20H22ClN3O3. The quantitative estimate of drug-likeness (QED) is 0.792. The van der Waals surface area contributed by atoms with Gasteiger partial charge < -0.3 is 20.3 Å². The lowest BCUT2D eigenvalue weighted by atomic mass is 10.1. The van der Waals surface area contributed by atoms with Crippen molar-refractivity contribution in [2.24, 2.45) is 0 Å². The van der Waals surface area contributed by atoms with Gasteiger partial charge in [-0.15, -0.1) is 0 Å². The first kappa shape index (κ1) is 19.0. The van der Waals surface area contributed by atoms with Gasteiger partial charge in [-0.1, -0.05) is 35.9 Å². The number of halogens is 1. The summed E-state index contributed by atoms with van der Waals surface area (Å²) in [7, 11) is 1.56. The molecule has 6 nitrogen and oxygen atoms in total. The second-order valence-electron chi connectivity index (χ2n) is 6.39. The van der Waals surface area contributed by atoms with Gasteiger partial charge >= 0.3 is 6.03 Å². The first-order valence-electron chi connectivity index (χ1n) is 8.79. The Balaban J connectivity index is 1.49. The van der Waals surface area contributed by atoms with Crippen LogP contribution in [0.1, 0.15) is 24.0 Å². The molecule has 0 atom stereocenters. The highest BCUT2D eigenvalue weighted by Gasteiger charge is 2.19. The van der Waals surface area contributed by atoms with Crippen LogP contribution in [0.3, 0.4) is 0 Å². The van der Waals surface area contributed by atoms with Crippen LogP contribution in [0.4, 0.5) is 10.5 Å². The maximum atomic E-state index is 12.1. The van der Waals surface area contributed by atoms with Crippen molar-refractivity contribution in [3.8, 4) is 5.75 Å². The standard InChI is InChI=1S/C20H22ClN3O3/c1-27-16-8-9-18(17(21)11-16)23-20(26)22-12-14-4-6-15(7-5-14)13-24-10-2-3-19(24)25/h4-9,11H,2-3,10,12-13H2,1H3,(H2,22,23,26). The summed E-state index contributed by atoms with van der Waals surface area (Å²) < 4.78 is 5.08. The lowest BCUT2D eigenvalue weighted by Gasteiger charge is -2.15. The zero-order valence-electron chi connectivity index (χ0n) is 15.1. The third kappa shape index (κ3) is 5.14. The van der Waals surface area contributed by atoms with Crippen molar-refractivity contribution in [2.45, 2.75) is 25.9 Å². The molecule has 0 unspecified atom stereocenters. The summed E-state index contributed by atoms with van der Waals surface area (Å²) in [5.41, 5.74) is 2.58. The number of methoxy groups -OCH3 is 1. The van der Waals surface area contributed by atoms with Crippen LogP contribution in [0, 0.1) is 0 Å². The Labute approximate surface area is 163 Å². The fourth-order valence-corrected chi connectivity index (χ4v) is 3.14. The summed E-state index contributed by atoms with van der Waals surface area (Å²) in [5, 5.41) is 5.92. The monoisotopic (exact) mass is 387 g/mol. The zero-order valence-corrected chi connectivity index (χ0v) is 15.9. The number of carbonyl (C=O) groups excluding carboxylic acids is 2. The molecule has 3 amide bonds. The molecule has 0 aliphatic carbocycles. The molecule has 2 aromatic carbocycles. The van der Waals surface area contributed by atoms with Crippen molar-refractivity contribution in [2.75, 3.05) is 19.0 Å². The van der Waals surface area contributed by atoms with Gasteiger partial charge in [0.1, 0.15) is 5.75 Å². The summed E-state index contributed by atoms with van der Waals surface area (Å²) in [6, 6.07) is 12.6. The highest BCUT2D eigenvalue weighted by molar-refractivity contribution is 6.33. The lowest BCUT2D eigenvalue weighted by molar-refractivity contribution is -0.128. The molecule has 0 saturated carbocycles. The van der Waals surface area contributed by atoms with Crippen molar-refractivity contribution < 1.29 is 14.3 Å². The number of anilines is 1. The molecule has 1 fully saturated rings. The number of benzene rings is 2. The molecule has 0 aromatic heterocycles. The van der Waals surface area contributed by atoms with Gasteiger partial charge in [0.15, 0.2) is 0 Å². The first-order chi connectivity index (χ1) is 13.0. The topological polar surface area (TPSA) is 70.7 Å². The van der Waals surface area contributed by atoms with Gasteiger partial charge in [-0.3, -0.25) is 4.79 Å². The Morgan fingerprint density at radius 1 is 1.19 bits per heavy atom. The van der Waals surface area contributed by atoms with E-state index in [1.807, 2.05) is 29.2 Å². The third-order valence-electron chi connectivity index (χ3n) is 4.45. The Morgan fingerprint density at radius 3 is 2.56 bits per heavy atom. The third-order valence-corrected chi connectivity index (χ3v) is 4.76. The summed E-state index contributed by atoms with van der Waals surface area (Å²) in [4.78, 5) is 25.6. The van der Waals surface area contributed by atoms with Crippen LogP contribution in [-0.4, -0.2) is 30.5 Å². The fraction of sp³-hybridized carbons (Fsp3) is 0.300. The predicted octanol–water partition coefficient (Wildman–Crippen LogP) is 3.79. The van der Waals surface area contributed by atoms with Crippen LogP contribution in [0.2, 0.25) is 5.02 Å². The number of hydrogen-bond donors (Lipinski definition) is 2. The number of carbonyl (C=O) groups is 2. The second kappa shape index (κ2) is 8.77. The average Bonchev–Trinajstić information content (AvgIpc) is 3.07. The molecule has 142 valence electrons. The second-order valence-corrected chi connectivity index (χ2v) is 6.80. The Bertz CT molecular complexity index is 824. The average molecular weight is 388 g/mol. The molecule has 27 heavy (non-hydrogen) atoms. The molecule has 1 aliphatic heterocycles. The van der Waals surface area contributed by atoms with Crippen molar-refractivity contribution >= 4 is 29.2 Å². The summed E-state index contributed by atoms with van der Waals surface area (Å²) >= 11 is 6.12. The van der Waals surface area contributed by atoms with Crippen LogP contribution >= 0.6 is 11.6 Å². The van der Waals surface area contributed by atoms with E-state index in [9.17, 15) is 9.59 Å². The van der Waals surface area contributed by atoms with Crippen LogP contribution in [0.25, 0.3) is 0 Å². The largest absolute Gasteiger partial charge is 0.497 e. The number of ether oxygens (including phenoxy) is 1. The van der Waals surface area contributed by atoms with Crippen molar-refractivity contribution in [3.63, 3.8) is 0 Å². The van der Waals surface area contributed by atoms with E-state index in [2.05, 4.69) is 10.6 Å². The number of hydrogen-bond acceptors (Lipinski definition) is 3. The Morgan fingerprint density at radius 2 is 1.93 bits per heavy atom. The molecule has 7 heteroatoms. The van der Waals surface area contributed by atoms with Gasteiger partial charge in [-0.05, 0) is 29.7 Å². The van der Waals surface area contributed by atoms with Gasteiger partial charge in [-0.2, -0.15) is 0 Å². The van der Waals surface area contributed by atoms with Gasteiger partial charge in [0.25, 0.3) is 0 Å². The van der Waals surface area contributed by atoms with Crippen LogP contribution in [0.5, 0.6) is 5.75 Å². The minimum absolute atomic E-state index is 0.217. The van der Waals surface area contributed by atoms with Crippen LogP contribution < -0.4 is 15.4 Å². The van der Waals surface area contributed by atoms with E-state index in [-0.39, 0.29) is 11.9 Å². The number of rotatable bonds is 6. The van der Waals surface area contributed by atoms with Crippen LogP contribution in [-0.2, 0) is 17.9 Å². The minimum atomic E-state index is -0.339. The summed E-state index contributed by atoms with van der Waals surface area (Å²) in [6.45, 7) is 1.86. The maximum absolute atomic E-state index is 12.1. The van der Waals surface area contributed by atoms with Gasteiger partial charge in [-0.25, -0.2) is 4.79 Å². The molecular weight excluding hydrogens is 366 g/mol. The molecule has 0 bridgehead atoms. The lowest BCUT2D eigenvalue weighted by Crippen LogP contribution is -2.28. The molecule has 0 radical (unpaired) electrons. The van der Waals surface area contributed by atoms with E-state index in [1.165, 1.54) is 0 Å². The van der Waals surface area contributed by atoms with E-state index in [0.717, 1.165) is 24.1 Å². The normalized spacial score (nSPS) is 13.6. The highest BCUT2D eigenvalue weighted by Crippen LogP contribution is 2.26. The highest BCUT2D eigenvalue weighted by atomic mass is 35.5. The molecule has 0 spiro atoms. The number of nitrogens with one attached hydrogen (secondary N) is 2. The minimum Gasteiger partial charge on any atom is -0.497 e. The Kier molecular flexibility index (Phi) is 6.19. The van der Waals surface area contributed by atoms with Gasteiger partial charge in [0.2, 0.25) is 5.91 Å². The first-order valence-corrected chi connectivity index (χ1v) is 9.17. The van der Waals surface area contributed by atoms with E-state index in [4.69, 9.17) is 16.3 Å². The van der Waals surface area contributed by atoms with E-state index >= 15 is 0 Å². The molecule has 2 N–H and O–H groups in total. The zero-order chi connectivity index (χ0) is 19.2. The van der Waals surface area contributed by atoms with E-state index in [1.54, 1.807) is 25.3 Å². The SMILES string of the molecule is COc1ccc(NC(=O)NCc2ccc(CN3CCCC3=O)cc2)c(Cl)c1. The van der Waals surface area contributed by atoms with Gasteiger partial charge in [0, 0.05) is 32.1 Å². The van der Waals surface area contributed by atoms with E-state index in [0.29, 0.717) is 36.0 Å². The smallest absolute Gasteiger partial charge is 0.319 e. The number of nitrogens with zero attached hydrogens (tertiary/aromatic N) is 1. The molecule has 1 saturated heterocycles.